The van der Waals surface area contributed by atoms with E-state index in [2.05, 4.69) is 11.9 Å². The Morgan fingerprint density at radius 2 is 1.28 bits per heavy atom. The zero-order chi connectivity index (χ0) is 20.9. The van der Waals surface area contributed by atoms with E-state index < -0.39 is 10.1 Å². The van der Waals surface area contributed by atoms with Crippen molar-refractivity contribution in [2.45, 2.75) is 110 Å². The minimum atomic E-state index is -3.96. The van der Waals surface area contributed by atoms with Gasteiger partial charge in [-0.1, -0.05) is 103 Å². The van der Waals surface area contributed by atoms with E-state index >= 15 is 0 Å². The van der Waals surface area contributed by atoms with Crippen LogP contribution in [0.3, 0.4) is 0 Å². The quantitative estimate of drug-likeness (QED) is 0.100. The molecule has 0 atom stereocenters. The summed E-state index contributed by atoms with van der Waals surface area (Å²) in [5.74, 6) is -0.687. The zero-order valence-electron chi connectivity index (χ0n) is 18.9. The first-order chi connectivity index (χ1) is 13.5. The van der Waals surface area contributed by atoms with Gasteiger partial charge in [-0.05, 0) is 25.2 Å². The second kappa shape index (κ2) is 23.4. The summed E-state index contributed by atoms with van der Waals surface area (Å²) in [6.45, 7) is 2.39. The molecule has 0 saturated carbocycles. The Bertz CT molecular complexity index is 507. The molecule has 166 valence electrons. The van der Waals surface area contributed by atoms with Crippen LogP contribution >= 0.6 is 0 Å². The first-order valence-electron chi connectivity index (χ1n) is 11.3. The molecule has 7 heteroatoms. The maximum absolute atomic E-state index is 11.4. The van der Waals surface area contributed by atoms with Gasteiger partial charge in [0.2, 0.25) is 0 Å². The minimum absolute atomic E-state index is 0. The van der Waals surface area contributed by atoms with Crippen molar-refractivity contribution in [1.29, 1.82) is 0 Å². The van der Waals surface area contributed by atoms with E-state index in [1.807, 2.05) is 6.08 Å². The van der Waals surface area contributed by atoms with Crippen molar-refractivity contribution in [2.75, 3.05) is 12.3 Å². The summed E-state index contributed by atoms with van der Waals surface area (Å²) in [5, 5.41) is 11.4. The van der Waals surface area contributed by atoms with Crippen LogP contribution in [0.5, 0.6) is 0 Å². The fraction of sp³-hybridized carbons (Fsp3) is 0.864. The van der Waals surface area contributed by atoms with Gasteiger partial charge in [0.1, 0.15) is 0 Å². The van der Waals surface area contributed by atoms with Crippen molar-refractivity contribution < 1.29 is 69.5 Å². The third kappa shape index (κ3) is 28.8. The minimum Gasteiger partial charge on any atom is -0.859 e. The Morgan fingerprint density at radius 3 is 1.72 bits per heavy atom. The molecule has 1 N–H and O–H groups in total. The molecule has 0 fully saturated rings. The summed E-state index contributed by atoms with van der Waals surface area (Å²) in [7, 11) is -3.96. The molecule has 0 amide bonds. The first-order valence-corrected chi connectivity index (χ1v) is 12.9. The number of unbranched alkanes of at least 4 members (excludes halogenated alkanes) is 14. The van der Waals surface area contributed by atoms with E-state index in [9.17, 15) is 13.5 Å². The number of hydrogen-bond donors (Lipinski definition) is 1. The van der Waals surface area contributed by atoms with Crippen molar-refractivity contribution >= 4 is 16.0 Å². The SMILES string of the molecule is CCCCCCCCCCCCCCCC/C=C/C([O-])=NCCCS(=O)(=O)O.[K+]. The zero-order valence-corrected chi connectivity index (χ0v) is 22.8. The van der Waals surface area contributed by atoms with E-state index in [4.69, 9.17) is 4.55 Å². The van der Waals surface area contributed by atoms with Gasteiger partial charge < -0.3 is 10.1 Å². The molecule has 29 heavy (non-hydrogen) atoms. The topological polar surface area (TPSA) is 89.8 Å². The molecule has 0 aliphatic heterocycles. The van der Waals surface area contributed by atoms with Crippen molar-refractivity contribution in [2.24, 2.45) is 4.99 Å². The third-order valence-corrected chi connectivity index (χ3v) is 5.62. The second-order valence-electron chi connectivity index (χ2n) is 7.65. The Kier molecular flexibility index (Phi) is 25.8. The van der Waals surface area contributed by atoms with E-state index in [-0.39, 0.29) is 76.0 Å². The summed E-state index contributed by atoms with van der Waals surface area (Å²) in [5.41, 5.74) is 0. The van der Waals surface area contributed by atoms with E-state index in [1.54, 1.807) is 0 Å². The number of allylic oxidation sites excluding steroid dienone is 1. The van der Waals surface area contributed by atoms with Crippen molar-refractivity contribution in [3.63, 3.8) is 0 Å². The number of hydrogen-bond acceptors (Lipinski definition) is 4. The summed E-state index contributed by atoms with van der Waals surface area (Å²) in [6.07, 6.45) is 23.0. The van der Waals surface area contributed by atoms with Gasteiger partial charge in [-0.2, -0.15) is 8.42 Å². The molecule has 0 bridgehead atoms. The fourth-order valence-corrected chi connectivity index (χ4v) is 3.62. The van der Waals surface area contributed by atoms with Crippen LogP contribution in [0.1, 0.15) is 110 Å². The normalized spacial score (nSPS) is 12.4. The summed E-state index contributed by atoms with van der Waals surface area (Å²) < 4.78 is 29.6. The monoisotopic (exact) mass is 455 g/mol. The maximum atomic E-state index is 11.4. The van der Waals surface area contributed by atoms with Crippen LogP contribution < -0.4 is 56.5 Å². The van der Waals surface area contributed by atoms with E-state index in [1.165, 1.54) is 89.5 Å². The van der Waals surface area contributed by atoms with E-state index in [0.29, 0.717) is 0 Å². The van der Waals surface area contributed by atoms with Crippen LogP contribution in [0.25, 0.3) is 0 Å². The molecular weight excluding hydrogens is 413 g/mol. The van der Waals surface area contributed by atoms with Gasteiger partial charge in [0.15, 0.2) is 0 Å². The Balaban J connectivity index is 0. The first kappa shape index (κ1) is 31.9. The van der Waals surface area contributed by atoms with Gasteiger partial charge in [0, 0.05) is 6.54 Å². The smallest absolute Gasteiger partial charge is 0.859 e. The van der Waals surface area contributed by atoms with Gasteiger partial charge in [0.25, 0.3) is 10.1 Å². The van der Waals surface area contributed by atoms with Crippen LogP contribution in [0.4, 0.5) is 0 Å². The van der Waals surface area contributed by atoms with Gasteiger partial charge in [-0.25, -0.2) is 0 Å². The average Bonchev–Trinajstić information content (AvgIpc) is 2.64. The maximum Gasteiger partial charge on any atom is 1.00 e. The van der Waals surface area contributed by atoms with Crippen molar-refractivity contribution in [1.82, 2.24) is 0 Å². The largest absolute Gasteiger partial charge is 1.00 e. The summed E-state index contributed by atoms with van der Waals surface area (Å²) in [6, 6.07) is 0. The van der Waals surface area contributed by atoms with Crippen molar-refractivity contribution in [3.8, 4) is 0 Å². The van der Waals surface area contributed by atoms with Gasteiger partial charge >= 0.3 is 51.4 Å². The van der Waals surface area contributed by atoms with E-state index in [0.717, 1.165) is 12.8 Å². The Hall–Kier alpha value is 0.756. The molecule has 0 aliphatic carbocycles. The summed E-state index contributed by atoms with van der Waals surface area (Å²) >= 11 is 0. The standard InChI is InChI=1S/C22H43NO4S.K/c1-2-3-4-5-6-7-8-9-10-11-12-13-14-15-16-17-19-22(24)23-20-18-21-28(25,26)27;/h17,19H,2-16,18,20-21H2,1H3,(H,23,24)(H,25,26,27);/q;+1/p-1/b19-17+;. The molecule has 0 rings (SSSR count). The Labute approximate surface area is 222 Å². The molecular formula is C22H42KNO4S. The molecule has 0 aromatic heterocycles. The van der Waals surface area contributed by atoms with Gasteiger partial charge in [0.05, 0.1) is 5.75 Å². The predicted molar refractivity (Wildman–Crippen MR) is 117 cm³/mol. The fourth-order valence-electron chi connectivity index (χ4n) is 3.13. The Morgan fingerprint density at radius 1 is 0.828 bits per heavy atom. The number of nitrogens with zero attached hydrogens (tertiary/aromatic N) is 1. The van der Waals surface area contributed by atoms with Crippen LogP contribution in [-0.2, 0) is 10.1 Å². The van der Waals surface area contributed by atoms with Crippen LogP contribution in [0, 0.1) is 0 Å². The average molecular weight is 456 g/mol. The number of rotatable bonds is 20. The van der Waals surface area contributed by atoms with Crippen LogP contribution in [0.15, 0.2) is 17.1 Å². The summed E-state index contributed by atoms with van der Waals surface area (Å²) in [4.78, 5) is 3.73. The molecule has 0 heterocycles. The molecule has 0 saturated heterocycles. The second-order valence-corrected chi connectivity index (χ2v) is 9.22. The molecule has 5 nitrogen and oxygen atoms in total. The molecule has 0 aromatic rings. The molecule has 0 spiro atoms. The van der Waals surface area contributed by atoms with Crippen LogP contribution in [0.2, 0.25) is 0 Å². The number of aliphatic imine (C=N–C) groups is 1. The molecule has 0 aliphatic rings. The van der Waals surface area contributed by atoms with Gasteiger partial charge in [-0.3, -0.25) is 4.55 Å². The molecule has 0 radical (unpaired) electrons. The van der Waals surface area contributed by atoms with Crippen molar-refractivity contribution in [3.05, 3.63) is 12.2 Å². The molecule has 0 aromatic carbocycles. The van der Waals surface area contributed by atoms with Crippen LogP contribution in [-0.4, -0.2) is 31.2 Å². The van der Waals surface area contributed by atoms with Gasteiger partial charge in [-0.15, -0.1) is 0 Å². The molecule has 0 unspecified atom stereocenters. The third-order valence-electron chi connectivity index (χ3n) is 4.81. The predicted octanol–water partition coefficient (Wildman–Crippen LogP) is 2.45.